The average molecular weight is 346 g/mol. The number of aryl methyl sites for hydroxylation is 1. The molecule has 1 aromatic rings. The first-order chi connectivity index (χ1) is 12.4. The minimum atomic E-state index is 0.649. The Morgan fingerprint density at radius 1 is 0.920 bits per heavy atom. The van der Waals surface area contributed by atoms with Crippen LogP contribution >= 0.6 is 0 Å². The summed E-state index contributed by atoms with van der Waals surface area (Å²) < 4.78 is 11.5. The van der Waals surface area contributed by atoms with Gasteiger partial charge in [-0.3, -0.25) is 0 Å². The van der Waals surface area contributed by atoms with E-state index in [1.807, 2.05) is 6.07 Å². The first-order valence-electron chi connectivity index (χ1n) is 9.62. The number of aldehydes is 1. The molecule has 1 fully saturated rings. The molecular weight excluding hydrogens is 316 g/mol. The van der Waals surface area contributed by atoms with Crippen molar-refractivity contribution in [3.63, 3.8) is 0 Å². The van der Waals surface area contributed by atoms with Crippen LogP contribution in [-0.2, 0) is 11.2 Å². The summed E-state index contributed by atoms with van der Waals surface area (Å²) >= 11 is 0. The van der Waals surface area contributed by atoms with Crippen LogP contribution in [0.2, 0.25) is 0 Å². The van der Waals surface area contributed by atoms with E-state index in [4.69, 9.17) is 9.47 Å². The number of carbonyl (C=O) groups is 1. The van der Waals surface area contributed by atoms with Crippen LogP contribution in [0.4, 0.5) is 0 Å². The van der Waals surface area contributed by atoms with Gasteiger partial charge in [-0.1, -0.05) is 12.1 Å². The van der Waals surface area contributed by atoms with E-state index in [9.17, 15) is 4.79 Å². The highest BCUT2D eigenvalue weighted by molar-refractivity contribution is 5.49. The van der Waals surface area contributed by atoms with Gasteiger partial charge in [-0.05, 0) is 50.4 Å². The molecule has 0 aliphatic carbocycles. The van der Waals surface area contributed by atoms with Crippen molar-refractivity contribution in [2.24, 2.45) is 0 Å². The van der Waals surface area contributed by atoms with Gasteiger partial charge in [0.1, 0.15) is 19.5 Å². The molecule has 0 aromatic heterocycles. The lowest BCUT2D eigenvalue weighted by atomic mass is 10.1. The quantitative estimate of drug-likeness (QED) is 0.507. The molecule has 0 N–H and O–H groups in total. The van der Waals surface area contributed by atoms with Crippen molar-refractivity contribution in [2.75, 3.05) is 52.5 Å². The van der Waals surface area contributed by atoms with Crippen LogP contribution < -0.4 is 9.47 Å². The van der Waals surface area contributed by atoms with Gasteiger partial charge in [0.25, 0.3) is 0 Å². The molecule has 1 saturated heterocycles. The molecule has 0 atom stereocenters. The normalized spacial score (nSPS) is 18.2. The van der Waals surface area contributed by atoms with Crippen molar-refractivity contribution in [1.82, 2.24) is 9.80 Å². The molecule has 138 valence electrons. The SMILES string of the molecule is O=CCCCCN1CCN(CCCc2cccc3c2OCCO3)CC1. The fraction of sp³-hybridized carbons (Fsp3) is 0.650. The van der Waals surface area contributed by atoms with Crippen molar-refractivity contribution >= 4 is 6.29 Å². The van der Waals surface area contributed by atoms with E-state index in [1.54, 1.807) is 0 Å². The predicted molar refractivity (Wildman–Crippen MR) is 98.5 cm³/mol. The zero-order chi connectivity index (χ0) is 17.3. The Labute approximate surface area is 150 Å². The maximum atomic E-state index is 10.3. The van der Waals surface area contributed by atoms with Crippen LogP contribution in [0.1, 0.15) is 31.2 Å². The van der Waals surface area contributed by atoms with E-state index in [0.29, 0.717) is 19.6 Å². The minimum absolute atomic E-state index is 0.649. The van der Waals surface area contributed by atoms with Crippen molar-refractivity contribution in [2.45, 2.75) is 32.1 Å². The third kappa shape index (κ3) is 5.44. The summed E-state index contributed by atoms with van der Waals surface area (Å²) in [5, 5.41) is 0. The standard InChI is InChI=1S/C20H30N2O3/c23-15-3-1-2-9-21-11-13-22(14-12-21)10-5-7-18-6-4-8-19-20(18)25-17-16-24-19/h4,6,8,15H,1-3,5,7,9-14,16-17H2. The van der Waals surface area contributed by atoms with Crippen molar-refractivity contribution in [3.8, 4) is 11.5 Å². The predicted octanol–water partition coefficient (Wildman–Crippen LogP) is 2.38. The summed E-state index contributed by atoms with van der Waals surface area (Å²) in [5.74, 6) is 1.85. The van der Waals surface area contributed by atoms with E-state index >= 15 is 0 Å². The topological polar surface area (TPSA) is 42.0 Å². The molecule has 2 aliphatic rings. The van der Waals surface area contributed by atoms with Crippen LogP contribution in [0.3, 0.4) is 0 Å². The maximum Gasteiger partial charge on any atom is 0.164 e. The Balaban J connectivity index is 1.35. The summed E-state index contributed by atoms with van der Waals surface area (Å²) in [5.41, 5.74) is 1.27. The molecule has 0 amide bonds. The second-order valence-electron chi connectivity index (χ2n) is 6.89. The van der Waals surface area contributed by atoms with Gasteiger partial charge < -0.3 is 24.1 Å². The number of hydrogen-bond donors (Lipinski definition) is 0. The average Bonchev–Trinajstić information content (AvgIpc) is 2.67. The van der Waals surface area contributed by atoms with E-state index in [1.165, 1.54) is 5.56 Å². The lowest BCUT2D eigenvalue weighted by Crippen LogP contribution is -2.46. The molecule has 2 heterocycles. The second kappa shape index (κ2) is 9.78. The number of ether oxygens (including phenoxy) is 2. The van der Waals surface area contributed by atoms with Crippen molar-refractivity contribution in [1.29, 1.82) is 0 Å². The molecule has 5 heteroatoms. The van der Waals surface area contributed by atoms with Gasteiger partial charge in [-0.15, -0.1) is 0 Å². The van der Waals surface area contributed by atoms with Gasteiger partial charge in [0, 0.05) is 32.6 Å². The van der Waals surface area contributed by atoms with Gasteiger partial charge in [-0.2, -0.15) is 0 Å². The summed E-state index contributed by atoms with van der Waals surface area (Å²) in [6, 6.07) is 6.21. The third-order valence-electron chi connectivity index (χ3n) is 5.08. The monoisotopic (exact) mass is 346 g/mol. The minimum Gasteiger partial charge on any atom is -0.486 e. The number of unbranched alkanes of at least 4 members (excludes halogenated alkanes) is 2. The number of nitrogens with zero attached hydrogens (tertiary/aromatic N) is 2. The number of carbonyl (C=O) groups excluding carboxylic acids is 1. The smallest absolute Gasteiger partial charge is 0.164 e. The highest BCUT2D eigenvalue weighted by Crippen LogP contribution is 2.34. The molecular formula is C20H30N2O3. The molecule has 3 rings (SSSR count). The molecule has 0 saturated carbocycles. The van der Waals surface area contributed by atoms with E-state index in [2.05, 4.69) is 21.9 Å². The highest BCUT2D eigenvalue weighted by atomic mass is 16.6. The van der Waals surface area contributed by atoms with Crippen molar-refractivity contribution in [3.05, 3.63) is 23.8 Å². The molecule has 0 bridgehead atoms. The molecule has 0 spiro atoms. The van der Waals surface area contributed by atoms with Gasteiger partial charge in [0.15, 0.2) is 11.5 Å². The van der Waals surface area contributed by atoms with Crippen LogP contribution in [0.25, 0.3) is 0 Å². The number of benzene rings is 1. The van der Waals surface area contributed by atoms with Crippen molar-refractivity contribution < 1.29 is 14.3 Å². The number of para-hydroxylation sites is 1. The summed E-state index contributed by atoms with van der Waals surface area (Å²) in [6.07, 6.45) is 6.09. The molecule has 1 aromatic carbocycles. The molecule has 2 aliphatic heterocycles. The highest BCUT2D eigenvalue weighted by Gasteiger charge is 2.18. The van der Waals surface area contributed by atoms with E-state index in [0.717, 1.165) is 82.7 Å². The van der Waals surface area contributed by atoms with Crippen LogP contribution in [0.5, 0.6) is 11.5 Å². The Hall–Kier alpha value is -1.59. The number of hydrogen-bond acceptors (Lipinski definition) is 5. The number of rotatable bonds is 9. The van der Waals surface area contributed by atoms with Gasteiger partial charge in [0.2, 0.25) is 0 Å². The van der Waals surface area contributed by atoms with Crippen LogP contribution in [0, 0.1) is 0 Å². The van der Waals surface area contributed by atoms with Crippen LogP contribution in [-0.4, -0.2) is 68.6 Å². The molecule has 0 radical (unpaired) electrons. The Morgan fingerprint density at radius 3 is 2.40 bits per heavy atom. The third-order valence-corrected chi connectivity index (χ3v) is 5.08. The summed E-state index contributed by atoms with van der Waals surface area (Å²) in [4.78, 5) is 15.4. The fourth-order valence-electron chi connectivity index (χ4n) is 3.62. The zero-order valence-electron chi connectivity index (χ0n) is 15.1. The summed E-state index contributed by atoms with van der Waals surface area (Å²) in [6.45, 7) is 8.19. The molecule has 25 heavy (non-hydrogen) atoms. The fourth-order valence-corrected chi connectivity index (χ4v) is 3.62. The first-order valence-corrected chi connectivity index (χ1v) is 9.62. The van der Waals surface area contributed by atoms with E-state index in [-0.39, 0.29) is 0 Å². The maximum absolute atomic E-state index is 10.3. The van der Waals surface area contributed by atoms with Gasteiger partial charge >= 0.3 is 0 Å². The molecule has 5 nitrogen and oxygen atoms in total. The zero-order valence-corrected chi connectivity index (χ0v) is 15.1. The Kier molecular flexibility index (Phi) is 7.12. The second-order valence-corrected chi connectivity index (χ2v) is 6.89. The lowest BCUT2D eigenvalue weighted by Gasteiger charge is -2.34. The van der Waals surface area contributed by atoms with Crippen LogP contribution in [0.15, 0.2) is 18.2 Å². The Bertz CT molecular complexity index is 542. The first kappa shape index (κ1) is 18.2. The van der Waals surface area contributed by atoms with E-state index < -0.39 is 0 Å². The van der Waals surface area contributed by atoms with Gasteiger partial charge in [-0.25, -0.2) is 0 Å². The molecule has 0 unspecified atom stereocenters. The lowest BCUT2D eigenvalue weighted by molar-refractivity contribution is -0.107. The number of fused-ring (bicyclic) bond motifs is 1. The van der Waals surface area contributed by atoms with Gasteiger partial charge in [0.05, 0.1) is 0 Å². The summed E-state index contributed by atoms with van der Waals surface area (Å²) in [7, 11) is 0. The number of piperazine rings is 1. The Morgan fingerprint density at radius 2 is 1.64 bits per heavy atom. The largest absolute Gasteiger partial charge is 0.486 e.